The second kappa shape index (κ2) is 3.34. The Morgan fingerprint density at radius 1 is 1.43 bits per heavy atom. The number of hydrogen-bond acceptors (Lipinski definition) is 4. The van der Waals surface area contributed by atoms with Crippen LogP contribution >= 0.6 is 11.6 Å². The van der Waals surface area contributed by atoms with E-state index in [1.165, 1.54) is 5.01 Å². The summed E-state index contributed by atoms with van der Waals surface area (Å²) in [6.45, 7) is 1.79. The van der Waals surface area contributed by atoms with Crippen molar-refractivity contribution in [3.63, 3.8) is 0 Å². The Morgan fingerprint density at radius 3 is 2.71 bits per heavy atom. The topological polar surface area (TPSA) is 58.5 Å². The fraction of sp³-hybridized carbons (Fsp3) is 0.250. The third-order valence-electron chi connectivity index (χ3n) is 1.75. The van der Waals surface area contributed by atoms with Crippen molar-refractivity contribution in [2.75, 3.05) is 5.01 Å². The highest BCUT2D eigenvalue weighted by molar-refractivity contribution is 6.29. The van der Waals surface area contributed by atoms with E-state index in [1.54, 1.807) is 19.1 Å². The summed E-state index contributed by atoms with van der Waals surface area (Å²) < 4.78 is 0. The van der Waals surface area contributed by atoms with Gasteiger partial charge in [0.05, 0.1) is 6.42 Å². The summed E-state index contributed by atoms with van der Waals surface area (Å²) in [7, 11) is 0. The molecule has 0 fully saturated rings. The summed E-state index contributed by atoms with van der Waals surface area (Å²) in [4.78, 5) is 11.4. The fourth-order valence-electron chi connectivity index (χ4n) is 1.16. The standard InChI is InChI=1S/C8H7ClN4O/c1-5-4-8(14)13(12-5)7-3-2-6(9)10-11-7/h2-3H,4H2,1H3. The number of nitrogens with zero attached hydrogens (tertiary/aromatic N) is 4. The van der Waals surface area contributed by atoms with E-state index in [1.807, 2.05) is 0 Å². The van der Waals surface area contributed by atoms with Gasteiger partial charge in [0.2, 0.25) is 0 Å². The van der Waals surface area contributed by atoms with Crippen LogP contribution < -0.4 is 5.01 Å². The number of halogens is 1. The lowest BCUT2D eigenvalue weighted by Gasteiger charge is -2.08. The van der Waals surface area contributed by atoms with Crippen LogP contribution in [0, 0.1) is 0 Å². The fourth-order valence-corrected chi connectivity index (χ4v) is 1.26. The third-order valence-corrected chi connectivity index (χ3v) is 1.95. The number of aromatic nitrogens is 2. The maximum atomic E-state index is 11.4. The van der Waals surface area contributed by atoms with E-state index < -0.39 is 0 Å². The maximum absolute atomic E-state index is 11.4. The van der Waals surface area contributed by atoms with Crippen molar-refractivity contribution in [3.8, 4) is 0 Å². The molecular weight excluding hydrogens is 204 g/mol. The molecule has 0 saturated heterocycles. The first-order valence-corrected chi connectivity index (χ1v) is 4.41. The van der Waals surface area contributed by atoms with Crippen LogP contribution in [0.1, 0.15) is 13.3 Å². The summed E-state index contributed by atoms with van der Waals surface area (Å²) in [6.07, 6.45) is 0.338. The molecule has 0 atom stereocenters. The summed E-state index contributed by atoms with van der Waals surface area (Å²) in [5.74, 6) is 0.301. The maximum Gasteiger partial charge on any atom is 0.254 e. The van der Waals surface area contributed by atoms with Gasteiger partial charge in [-0.3, -0.25) is 4.79 Å². The average Bonchev–Trinajstić information content (AvgIpc) is 2.47. The zero-order chi connectivity index (χ0) is 10.1. The molecule has 0 N–H and O–H groups in total. The molecule has 2 rings (SSSR count). The van der Waals surface area contributed by atoms with Crippen LogP contribution in [-0.4, -0.2) is 21.8 Å². The Morgan fingerprint density at radius 2 is 2.21 bits per heavy atom. The minimum absolute atomic E-state index is 0.0980. The third kappa shape index (κ3) is 1.58. The molecule has 5 nitrogen and oxygen atoms in total. The predicted molar refractivity (Wildman–Crippen MR) is 52.3 cm³/mol. The molecule has 0 unspecified atom stereocenters. The monoisotopic (exact) mass is 210 g/mol. The highest BCUT2D eigenvalue weighted by Gasteiger charge is 2.23. The summed E-state index contributed by atoms with van der Waals surface area (Å²) in [5, 5.41) is 12.9. The zero-order valence-corrected chi connectivity index (χ0v) is 8.19. The predicted octanol–water partition coefficient (Wildman–Crippen LogP) is 1.24. The van der Waals surface area contributed by atoms with Crippen molar-refractivity contribution in [2.45, 2.75) is 13.3 Å². The lowest BCUT2D eigenvalue weighted by molar-refractivity contribution is -0.116. The van der Waals surface area contributed by atoms with Crippen molar-refractivity contribution >= 4 is 29.0 Å². The van der Waals surface area contributed by atoms with Crippen LogP contribution in [0.15, 0.2) is 17.2 Å². The number of carbonyl (C=O) groups is 1. The molecule has 6 heteroatoms. The molecule has 0 aliphatic carbocycles. The van der Waals surface area contributed by atoms with E-state index in [2.05, 4.69) is 15.3 Å². The first-order chi connectivity index (χ1) is 6.66. The number of hydrazone groups is 1. The van der Waals surface area contributed by atoms with Gasteiger partial charge in [-0.05, 0) is 19.1 Å². The Balaban J connectivity index is 2.32. The van der Waals surface area contributed by atoms with Crippen LogP contribution in [0.4, 0.5) is 5.82 Å². The van der Waals surface area contributed by atoms with Crippen molar-refractivity contribution < 1.29 is 4.79 Å². The lowest BCUT2D eigenvalue weighted by atomic mass is 10.3. The molecule has 1 aromatic rings. The molecule has 2 heterocycles. The molecule has 1 aliphatic rings. The van der Waals surface area contributed by atoms with Crippen LogP contribution in [0.25, 0.3) is 0 Å². The number of anilines is 1. The van der Waals surface area contributed by atoms with Crippen molar-refractivity contribution in [1.82, 2.24) is 10.2 Å². The summed E-state index contributed by atoms with van der Waals surface area (Å²) in [6, 6.07) is 3.18. The van der Waals surface area contributed by atoms with Gasteiger partial charge >= 0.3 is 0 Å². The van der Waals surface area contributed by atoms with Crippen LogP contribution in [0.3, 0.4) is 0 Å². The summed E-state index contributed by atoms with van der Waals surface area (Å²) in [5.41, 5.74) is 0.770. The van der Waals surface area contributed by atoms with Gasteiger partial charge in [0.25, 0.3) is 5.91 Å². The van der Waals surface area contributed by atoms with Crippen molar-refractivity contribution in [1.29, 1.82) is 0 Å². The largest absolute Gasteiger partial charge is 0.272 e. The van der Waals surface area contributed by atoms with E-state index >= 15 is 0 Å². The van der Waals surface area contributed by atoms with Gasteiger partial charge in [-0.15, -0.1) is 10.2 Å². The number of amides is 1. The minimum atomic E-state index is -0.0980. The highest BCUT2D eigenvalue weighted by atomic mass is 35.5. The van der Waals surface area contributed by atoms with Gasteiger partial charge in [0.15, 0.2) is 11.0 Å². The van der Waals surface area contributed by atoms with Crippen molar-refractivity contribution in [2.24, 2.45) is 5.10 Å². The molecule has 1 aliphatic heterocycles. The van der Waals surface area contributed by atoms with Gasteiger partial charge < -0.3 is 0 Å². The molecule has 0 saturated carbocycles. The van der Waals surface area contributed by atoms with Crippen LogP contribution in [0.2, 0.25) is 5.15 Å². The Bertz CT molecular complexity index is 400. The second-order valence-corrected chi connectivity index (χ2v) is 3.32. The number of hydrogen-bond donors (Lipinski definition) is 0. The number of carbonyl (C=O) groups excluding carboxylic acids is 1. The first-order valence-electron chi connectivity index (χ1n) is 4.03. The highest BCUT2D eigenvalue weighted by Crippen LogP contribution is 2.17. The molecule has 0 radical (unpaired) electrons. The molecule has 72 valence electrons. The van der Waals surface area contributed by atoms with E-state index in [0.29, 0.717) is 17.4 Å². The summed E-state index contributed by atoms with van der Waals surface area (Å²) >= 11 is 5.57. The SMILES string of the molecule is CC1=NN(c2ccc(Cl)nn2)C(=O)C1. The van der Waals surface area contributed by atoms with Crippen molar-refractivity contribution in [3.05, 3.63) is 17.3 Å². The molecule has 1 aromatic heterocycles. The van der Waals surface area contributed by atoms with E-state index in [0.717, 1.165) is 5.71 Å². The smallest absolute Gasteiger partial charge is 0.254 e. The molecular formula is C8H7ClN4O. The van der Waals surface area contributed by atoms with Gasteiger partial charge in [-0.1, -0.05) is 11.6 Å². The van der Waals surface area contributed by atoms with Crippen LogP contribution in [-0.2, 0) is 4.79 Å². The van der Waals surface area contributed by atoms with Gasteiger partial charge in [-0.25, -0.2) is 0 Å². The number of rotatable bonds is 1. The Kier molecular flexibility index (Phi) is 2.17. The van der Waals surface area contributed by atoms with E-state index in [4.69, 9.17) is 11.6 Å². The quantitative estimate of drug-likeness (QED) is 0.701. The Labute approximate surface area is 85.4 Å². The molecule has 0 bridgehead atoms. The van der Waals surface area contributed by atoms with E-state index in [-0.39, 0.29) is 5.91 Å². The molecule has 0 aromatic carbocycles. The second-order valence-electron chi connectivity index (χ2n) is 2.93. The Hall–Kier alpha value is -1.49. The molecule has 0 spiro atoms. The molecule has 14 heavy (non-hydrogen) atoms. The normalized spacial score (nSPS) is 16.0. The lowest BCUT2D eigenvalue weighted by Crippen LogP contribution is -2.20. The van der Waals surface area contributed by atoms with Gasteiger partial charge in [0, 0.05) is 5.71 Å². The van der Waals surface area contributed by atoms with E-state index in [9.17, 15) is 4.79 Å². The minimum Gasteiger partial charge on any atom is -0.272 e. The molecule has 1 amide bonds. The average molecular weight is 211 g/mol. The van der Waals surface area contributed by atoms with Crippen LogP contribution in [0.5, 0.6) is 0 Å². The van der Waals surface area contributed by atoms with Gasteiger partial charge in [0.1, 0.15) is 0 Å². The van der Waals surface area contributed by atoms with Gasteiger partial charge in [-0.2, -0.15) is 10.1 Å². The zero-order valence-electron chi connectivity index (χ0n) is 7.44. The first kappa shape index (κ1) is 9.08.